The van der Waals surface area contributed by atoms with Gasteiger partial charge in [0.25, 0.3) is 11.1 Å². The van der Waals surface area contributed by atoms with Crippen molar-refractivity contribution in [1.29, 1.82) is 0 Å². The molecule has 0 spiro atoms. The average molecular weight is 442 g/mol. The largest absolute Gasteiger partial charge is 0.298 e. The molecule has 0 bridgehead atoms. The maximum absolute atomic E-state index is 12.5. The molecule has 3 rings (SSSR count). The molecule has 0 aromatic heterocycles. The smallest absolute Gasteiger partial charge is 0.268 e. The normalized spacial score (nSPS) is 16.6. The van der Waals surface area contributed by atoms with E-state index in [1.54, 1.807) is 30.3 Å². The van der Waals surface area contributed by atoms with Crippen LogP contribution in [0.5, 0.6) is 0 Å². The number of rotatable bonds is 2. The highest BCUT2D eigenvalue weighted by atomic mass is 127. The van der Waals surface area contributed by atoms with Gasteiger partial charge in [0, 0.05) is 8.59 Å². The predicted molar refractivity (Wildman–Crippen MR) is 99.1 cm³/mol. The fourth-order valence-corrected chi connectivity index (χ4v) is 3.40. The van der Waals surface area contributed by atoms with E-state index in [9.17, 15) is 9.59 Å². The van der Waals surface area contributed by atoms with Crippen molar-refractivity contribution in [2.45, 2.75) is 0 Å². The number of anilines is 1. The van der Waals surface area contributed by atoms with Crippen LogP contribution in [0.4, 0.5) is 10.5 Å². The summed E-state index contributed by atoms with van der Waals surface area (Å²) in [7, 11) is 0. The van der Waals surface area contributed by atoms with Gasteiger partial charge in [-0.15, -0.1) is 0 Å². The molecule has 2 aromatic carbocycles. The number of hydrogen-bond acceptors (Lipinski definition) is 3. The monoisotopic (exact) mass is 441 g/mol. The molecule has 0 unspecified atom stereocenters. The summed E-state index contributed by atoms with van der Waals surface area (Å²) in [5.41, 5.74) is 1.37. The number of imide groups is 1. The number of hydrogen-bond donors (Lipinski definition) is 0. The van der Waals surface area contributed by atoms with Crippen molar-refractivity contribution < 1.29 is 9.59 Å². The predicted octanol–water partition coefficient (Wildman–Crippen LogP) is 5.19. The molecular weight excluding hydrogens is 433 g/mol. The summed E-state index contributed by atoms with van der Waals surface area (Å²) in [6, 6.07) is 14.4. The molecule has 1 aliphatic rings. The number of thioether (sulfide) groups is 1. The number of nitrogens with zero attached hydrogens (tertiary/aromatic N) is 1. The van der Waals surface area contributed by atoms with E-state index in [0.29, 0.717) is 15.6 Å². The molecule has 3 nitrogen and oxygen atoms in total. The molecule has 2 aromatic rings. The van der Waals surface area contributed by atoms with Crippen LogP contribution in [-0.4, -0.2) is 11.1 Å². The standard InChI is InChI=1S/C16H9ClINO2S/c17-11-2-1-3-13(9-11)19-15(20)14(22-16(19)21)8-10-4-6-12(18)7-5-10/h1-9H/b14-8+. The highest BCUT2D eigenvalue weighted by Crippen LogP contribution is 2.36. The molecule has 0 saturated carbocycles. The van der Waals surface area contributed by atoms with Crippen LogP contribution in [0.15, 0.2) is 53.4 Å². The van der Waals surface area contributed by atoms with Crippen molar-refractivity contribution in [3.05, 3.63) is 67.6 Å². The minimum absolute atomic E-state index is 0.316. The van der Waals surface area contributed by atoms with Gasteiger partial charge in [0.1, 0.15) is 0 Å². The van der Waals surface area contributed by atoms with Crippen molar-refractivity contribution in [2.75, 3.05) is 4.90 Å². The third-order valence-corrected chi connectivity index (χ3v) is 4.85. The van der Waals surface area contributed by atoms with Gasteiger partial charge in [0.05, 0.1) is 10.6 Å². The Kier molecular flexibility index (Phi) is 4.56. The highest BCUT2D eigenvalue weighted by molar-refractivity contribution is 14.1. The summed E-state index contributed by atoms with van der Waals surface area (Å²) in [6.07, 6.45) is 1.73. The first-order valence-electron chi connectivity index (χ1n) is 6.34. The average Bonchev–Trinajstić information content (AvgIpc) is 2.76. The van der Waals surface area contributed by atoms with Crippen LogP contribution in [0.25, 0.3) is 6.08 Å². The van der Waals surface area contributed by atoms with Crippen LogP contribution in [0.3, 0.4) is 0 Å². The molecule has 0 aliphatic carbocycles. The lowest BCUT2D eigenvalue weighted by atomic mass is 10.2. The Bertz CT molecular complexity index is 789. The molecule has 0 N–H and O–H groups in total. The lowest BCUT2D eigenvalue weighted by Crippen LogP contribution is -2.27. The molecule has 6 heteroatoms. The summed E-state index contributed by atoms with van der Waals surface area (Å²) in [5, 5.41) is 0.169. The van der Waals surface area contributed by atoms with Crippen molar-refractivity contribution in [3.63, 3.8) is 0 Å². The summed E-state index contributed by atoms with van der Waals surface area (Å²) in [4.78, 5) is 26.2. The lowest BCUT2D eigenvalue weighted by Gasteiger charge is -2.12. The Labute approximate surface area is 150 Å². The number of carbonyl (C=O) groups is 2. The van der Waals surface area contributed by atoms with Crippen LogP contribution in [-0.2, 0) is 4.79 Å². The van der Waals surface area contributed by atoms with Crippen molar-refractivity contribution >= 4 is 68.9 Å². The first-order chi connectivity index (χ1) is 10.5. The zero-order chi connectivity index (χ0) is 15.7. The van der Waals surface area contributed by atoms with Gasteiger partial charge in [-0.2, -0.15) is 0 Å². The summed E-state index contributed by atoms with van der Waals surface area (Å²) in [5.74, 6) is -0.323. The quantitative estimate of drug-likeness (QED) is 0.476. The van der Waals surface area contributed by atoms with Gasteiger partial charge in [-0.05, 0) is 76.3 Å². The summed E-state index contributed by atoms with van der Waals surface area (Å²) >= 11 is 9.08. The zero-order valence-electron chi connectivity index (χ0n) is 11.1. The fourth-order valence-electron chi connectivity index (χ4n) is 2.02. The second-order valence-corrected chi connectivity index (χ2v) is 7.22. The molecule has 0 atom stereocenters. The first kappa shape index (κ1) is 15.6. The molecule has 0 radical (unpaired) electrons. The van der Waals surface area contributed by atoms with E-state index >= 15 is 0 Å². The fraction of sp³-hybridized carbons (Fsp3) is 0. The Morgan fingerprint density at radius 1 is 1.09 bits per heavy atom. The van der Waals surface area contributed by atoms with E-state index in [4.69, 9.17) is 11.6 Å². The Morgan fingerprint density at radius 3 is 2.50 bits per heavy atom. The number of amides is 2. The van der Waals surface area contributed by atoms with E-state index < -0.39 is 0 Å². The van der Waals surface area contributed by atoms with E-state index in [-0.39, 0.29) is 11.1 Å². The van der Waals surface area contributed by atoms with Crippen LogP contribution >= 0.6 is 46.0 Å². The van der Waals surface area contributed by atoms with Gasteiger partial charge < -0.3 is 0 Å². The Hall–Kier alpha value is -1.31. The SMILES string of the molecule is O=C1S/C(=C/c2ccc(I)cc2)C(=O)N1c1cccc(Cl)c1. The number of carbonyl (C=O) groups excluding carboxylic acids is 2. The van der Waals surface area contributed by atoms with E-state index in [1.165, 1.54) is 0 Å². The maximum atomic E-state index is 12.5. The van der Waals surface area contributed by atoms with Crippen LogP contribution in [0, 0.1) is 3.57 Å². The maximum Gasteiger partial charge on any atom is 0.298 e. The molecule has 1 saturated heterocycles. The van der Waals surface area contributed by atoms with Crippen LogP contribution in [0.2, 0.25) is 5.02 Å². The van der Waals surface area contributed by atoms with E-state index in [1.807, 2.05) is 24.3 Å². The molecule has 1 fully saturated rings. The summed E-state index contributed by atoms with van der Waals surface area (Å²) in [6.45, 7) is 0. The van der Waals surface area contributed by atoms with E-state index in [0.717, 1.165) is 25.8 Å². The first-order valence-corrected chi connectivity index (χ1v) is 8.61. The van der Waals surface area contributed by atoms with Gasteiger partial charge in [0.15, 0.2) is 0 Å². The van der Waals surface area contributed by atoms with Gasteiger partial charge in [-0.3, -0.25) is 9.59 Å². The Balaban J connectivity index is 1.93. The minimum Gasteiger partial charge on any atom is -0.268 e. The van der Waals surface area contributed by atoms with Crippen molar-refractivity contribution in [3.8, 4) is 0 Å². The molecule has 2 amide bonds. The third-order valence-electron chi connectivity index (χ3n) is 3.03. The zero-order valence-corrected chi connectivity index (χ0v) is 14.9. The number of halogens is 2. The van der Waals surface area contributed by atoms with Crippen molar-refractivity contribution in [2.24, 2.45) is 0 Å². The molecular formula is C16H9ClINO2S. The number of benzene rings is 2. The van der Waals surface area contributed by atoms with Gasteiger partial charge in [0.2, 0.25) is 0 Å². The van der Waals surface area contributed by atoms with Crippen molar-refractivity contribution in [1.82, 2.24) is 0 Å². The van der Waals surface area contributed by atoms with Gasteiger partial charge >= 0.3 is 0 Å². The molecule has 1 aliphatic heterocycles. The minimum atomic E-state index is -0.323. The topological polar surface area (TPSA) is 37.4 Å². The third kappa shape index (κ3) is 3.21. The molecule has 22 heavy (non-hydrogen) atoms. The highest BCUT2D eigenvalue weighted by Gasteiger charge is 2.36. The Morgan fingerprint density at radius 2 is 1.82 bits per heavy atom. The molecule has 110 valence electrons. The summed E-state index contributed by atoms with van der Waals surface area (Å²) < 4.78 is 1.11. The lowest BCUT2D eigenvalue weighted by molar-refractivity contribution is -0.113. The van der Waals surface area contributed by atoms with Crippen LogP contribution < -0.4 is 4.90 Å². The van der Waals surface area contributed by atoms with Gasteiger partial charge in [-0.1, -0.05) is 29.8 Å². The van der Waals surface area contributed by atoms with Gasteiger partial charge in [-0.25, -0.2) is 4.90 Å². The second kappa shape index (κ2) is 6.44. The van der Waals surface area contributed by atoms with Crippen LogP contribution in [0.1, 0.15) is 5.56 Å². The molecule has 1 heterocycles. The second-order valence-electron chi connectivity index (χ2n) is 4.55. The van der Waals surface area contributed by atoms with E-state index in [2.05, 4.69) is 22.6 Å².